The minimum absolute atomic E-state index is 0.569. The fourth-order valence-corrected chi connectivity index (χ4v) is 0.0807. The van der Waals surface area contributed by atoms with Crippen LogP contribution in [-0.4, -0.2) is 5.54 Å². The maximum absolute atomic E-state index is 11.7. The molecule has 0 radical (unpaired) electrons. The second-order valence-corrected chi connectivity index (χ2v) is 2.50. The molecule has 48 valence electrons. The lowest BCUT2D eigenvalue weighted by Crippen LogP contribution is -2.33. The van der Waals surface area contributed by atoms with Crippen LogP contribution in [0.25, 0.3) is 0 Å². The zero-order valence-corrected chi connectivity index (χ0v) is 5.59. The van der Waals surface area contributed by atoms with Crippen LogP contribution >= 0.6 is 0 Å². The Balaban J connectivity index is 3.91. The Morgan fingerprint density at radius 1 is 1.62 bits per heavy atom. The predicted octanol–water partition coefficient (Wildman–Crippen LogP) is 1.82. The summed E-state index contributed by atoms with van der Waals surface area (Å²) in [6.07, 6.45) is 0. The smallest absolute Gasteiger partial charge is 0.0628 e. The minimum atomic E-state index is -0.569. The van der Waals surface area contributed by atoms with E-state index in [1.54, 1.807) is 26.3 Å². The molecule has 1 nitrogen and oxygen atoms in total. The summed E-state index contributed by atoms with van der Waals surface area (Å²) in [6, 6.07) is 0. The molecule has 0 saturated carbocycles. The predicted molar refractivity (Wildman–Crippen MR) is 33.1 cm³/mol. The first-order chi connectivity index (χ1) is 3.50. The summed E-state index contributed by atoms with van der Waals surface area (Å²) in [7, 11) is 0. The molecule has 0 bridgehead atoms. The monoisotopic (exact) mass is 117 g/mol. The molecule has 0 unspecified atom stereocenters. The van der Waals surface area contributed by atoms with Gasteiger partial charge < -0.3 is 0 Å². The van der Waals surface area contributed by atoms with E-state index in [0.717, 1.165) is 5.57 Å². The van der Waals surface area contributed by atoms with Gasteiger partial charge in [0.2, 0.25) is 0 Å². The van der Waals surface area contributed by atoms with E-state index in [2.05, 4.69) is 6.58 Å². The molecule has 0 fully saturated rings. The Kier molecular flexibility index (Phi) is 2.16. The first-order valence-electron chi connectivity index (χ1n) is 2.54. The van der Waals surface area contributed by atoms with Crippen molar-refractivity contribution in [1.82, 2.24) is 5.54 Å². The van der Waals surface area contributed by atoms with Gasteiger partial charge in [0.25, 0.3) is 0 Å². The van der Waals surface area contributed by atoms with E-state index in [1.807, 2.05) is 0 Å². The van der Waals surface area contributed by atoms with Crippen molar-refractivity contribution in [3.8, 4) is 0 Å². The molecule has 0 heterocycles. The molecule has 0 spiro atoms. The molecule has 0 aromatic heterocycles. The first kappa shape index (κ1) is 7.63. The summed E-state index contributed by atoms with van der Waals surface area (Å²) >= 11 is 0. The minimum Gasteiger partial charge on any atom is -0.150 e. The topological polar surface area (TPSA) is 12.0 Å². The van der Waals surface area contributed by atoms with Gasteiger partial charge in [0.15, 0.2) is 0 Å². The van der Waals surface area contributed by atoms with E-state index in [0.29, 0.717) is 0 Å². The molecular formula is C6H12FN. The average Bonchev–Trinajstić information content (AvgIpc) is 1.67. The number of halogens is 1. The van der Waals surface area contributed by atoms with Crippen molar-refractivity contribution in [2.75, 3.05) is 0 Å². The Morgan fingerprint density at radius 3 is 2.00 bits per heavy atom. The van der Waals surface area contributed by atoms with Crippen LogP contribution in [0.15, 0.2) is 12.2 Å². The van der Waals surface area contributed by atoms with Crippen LogP contribution in [-0.2, 0) is 0 Å². The van der Waals surface area contributed by atoms with Crippen molar-refractivity contribution < 1.29 is 4.48 Å². The standard InChI is InChI=1S/C6H12FN/c1-5(2)6(3,4)8-7/h8H,1H2,2-4H3. The second kappa shape index (κ2) is 2.27. The Morgan fingerprint density at radius 2 is 2.00 bits per heavy atom. The lowest BCUT2D eigenvalue weighted by molar-refractivity contribution is 0.232. The molecule has 2 heteroatoms. The van der Waals surface area contributed by atoms with E-state index in [1.165, 1.54) is 0 Å². The number of hydrogen-bond acceptors (Lipinski definition) is 1. The molecule has 0 rings (SSSR count). The number of rotatable bonds is 2. The zero-order chi connectivity index (χ0) is 6.78. The number of hydrogen-bond donors (Lipinski definition) is 1. The summed E-state index contributed by atoms with van der Waals surface area (Å²) in [5, 5.41) is 0. The van der Waals surface area contributed by atoms with Crippen molar-refractivity contribution in [3.05, 3.63) is 12.2 Å². The molecule has 0 atom stereocenters. The Hall–Kier alpha value is -0.370. The lowest BCUT2D eigenvalue weighted by atomic mass is 9.99. The van der Waals surface area contributed by atoms with Gasteiger partial charge in [0, 0.05) is 0 Å². The third kappa shape index (κ3) is 1.62. The van der Waals surface area contributed by atoms with Gasteiger partial charge in [-0.15, -0.1) is 10.0 Å². The van der Waals surface area contributed by atoms with E-state index in [-0.39, 0.29) is 0 Å². The maximum Gasteiger partial charge on any atom is 0.0628 e. The van der Waals surface area contributed by atoms with E-state index in [4.69, 9.17) is 0 Å². The molecular weight excluding hydrogens is 105 g/mol. The van der Waals surface area contributed by atoms with Gasteiger partial charge in [0.05, 0.1) is 5.54 Å². The van der Waals surface area contributed by atoms with Gasteiger partial charge in [0.1, 0.15) is 0 Å². The average molecular weight is 117 g/mol. The molecule has 0 aliphatic carbocycles. The van der Waals surface area contributed by atoms with E-state index >= 15 is 0 Å². The highest BCUT2D eigenvalue weighted by Gasteiger charge is 2.16. The van der Waals surface area contributed by atoms with Crippen LogP contribution in [0.5, 0.6) is 0 Å². The highest BCUT2D eigenvalue weighted by molar-refractivity contribution is 5.07. The first-order valence-corrected chi connectivity index (χ1v) is 2.54. The molecule has 0 aromatic carbocycles. The van der Waals surface area contributed by atoms with Gasteiger partial charge in [-0.1, -0.05) is 12.2 Å². The normalized spacial score (nSPS) is 11.5. The molecule has 0 aliphatic rings. The van der Waals surface area contributed by atoms with Crippen LogP contribution < -0.4 is 5.54 Å². The quantitative estimate of drug-likeness (QED) is 0.429. The van der Waals surface area contributed by atoms with Crippen LogP contribution in [0.2, 0.25) is 0 Å². The molecule has 0 saturated heterocycles. The fourth-order valence-electron chi connectivity index (χ4n) is 0.0807. The van der Waals surface area contributed by atoms with Crippen molar-refractivity contribution in [3.63, 3.8) is 0 Å². The van der Waals surface area contributed by atoms with Gasteiger partial charge in [-0.25, -0.2) is 0 Å². The lowest BCUT2D eigenvalue weighted by Gasteiger charge is -2.20. The zero-order valence-electron chi connectivity index (χ0n) is 5.59. The van der Waals surface area contributed by atoms with Crippen molar-refractivity contribution in [2.45, 2.75) is 26.3 Å². The molecule has 0 aliphatic heterocycles. The summed E-state index contributed by atoms with van der Waals surface area (Å²) in [6.45, 7) is 8.84. The van der Waals surface area contributed by atoms with Crippen LogP contribution in [0.4, 0.5) is 4.48 Å². The van der Waals surface area contributed by atoms with Crippen molar-refractivity contribution >= 4 is 0 Å². The largest absolute Gasteiger partial charge is 0.150 e. The van der Waals surface area contributed by atoms with E-state index < -0.39 is 5.54 Å². The van der Waals surface area contributed by atoms with Gasteiger partial charge >= 0.3 is 0 Å². The summed E-state index contributed by atoms with van der Waals surface area (Å²) in [4.78, 5) is 0. The van der Waals surface area contributed by atoms with Crippen LogP contribution in [0, 0.1) is 0 Å². The molecule has 8 heavy (non-hydrogen) atoms. The SMILES string of the molecule is C=C(C)C(C)(C)NF. The van der Waals surface area contributed by atoms with Crippen molar-refractivity contribution in [2.24, 2.45) is 0 Å². The Labute approximate surface area is 49.5 Å². The molecule has 0 amide bonds. The summed E-state index contributed by atoms with van der Waals surface area (Å²) < 4.78 is 11.7. The summed E-state index contributed by atoms with van der Waals surface area (Å²) in [5.74, 6) is 0. The highest BCUT2D eigenvalue weighted by Crippen LogP contribution is 2.11. The van der Waals surface area contributed by atoms with Gasteiger partial charge in [-0.05, 0) is 20.8 Å². The van der Waals surface area contributed by atoms with E-state index in [9.17, 15) is 4.48 Å². The van der Waals surface area contributed by atoms with Crippen LogP contribution in [0.1, 0.15) is 20.8 Å². The third-order valence-electron chi connectivity index (χ3n) is 1.30. The van der Waals surface area contributed by atoms with Gasteiger partial charge in [-0.3, -0.25) is 0 Å². The van der Waals surface area contributed by atoms with Crippen molar-refractivity contribution in [1.29, 1.82) is 0 Å². The maximum atomic E-state index is 11.7. The summed E-state index contributed by atoms with van der Waals surface area (Å²) in [5.41, 5.74) is 1.86. The second-order valence-electron chi connectivity index (χ2n) is 2.50. The molecule has 0 aromatic rings. The fraction of sp³-hybridized carbons (Fsp3) is 0.667. The number of nitrogens with one attached hydrogen (secondary N) is 1. The highest BCUT2D eigenvalue weighted by atomic mass is 19.2. The molecule has 1 N–H and O–H groups in total. The third-order valence-corrected chi connectivity index (χ3v) is 1.30. The Bertz CT molecular complexity index is 96.7. The van der Waals surface area contributed by atoms with Crippen LogP contribution in [0.3, 0.4) is 0 Å². The van der Waals surface area contributed by atoms with Gasteiger partial charge in [-0.2, -0.15) is 0 Å².